The van der Waals surface area contributed by atoms with Crippen molar-refractivity contribution in [2.24, 2.45) is 0 Å². The Morgan fingerprint density at radius 3 is 2.50 bits per heavy atom. The van der Waals surface area contributed by atoms with Crippen molar-refractivity contribution >= 4 is 5.69 Å². The molecule has 114 valence electrons. The van der Waals surface area contributed by atoms with Gasteiger partial charge in [0.2, 0.25) is 0 Å². The third-order valence-corrected chi connectivity index (χ3v) is 3.55. The maximum Gasteiger partial charge on any atom is 0.146 e. The van der Waals surface area contributed by atoms with Gasteiger partial charge in [-0.15, -0.1) is 0 Å². The summed E-state index contributed by atoms with van der Waals surface area (Å²) in [5.41, 5.74) is 1.91. The predicted octanol–water partition coefficient (Wildman–Crippen LogP) is 4.34. The van der Waals surface area contributed by atoms with Gasteiger partial charge in [0.05, 0.1) is 5.69 Å². The standard InChI is InChI=1S/C17H29FN2/c1-4-7-11-19-14-15-9-10-16(18)17(13-15)20(6-3)12-8-5-2/h9-10,13,19H,4-8,11-12,14H2,1-3H3. The highest BCUT2D eigenvalue weighted by Crippen LogP contribution is 2.21. The second kappa shape index (κ2) is 9.76. The quantitative estimate of drug-likeness (QED) is 0.641. The molecule has 20 heavy (non-hydrogen) atoms. The molecule has 0 saturated heterocycles. The molecular formula is C17H29FN2. The molecule has 0 bridgehead atoms. The van der Waals surface area contributed by atoms with Gasteiger partial charge in [0.1, 0.15) is 5.82 Å². The van der Waals surface area contributed by atoms with Gasteiger partial charge in [-0.3, -0.25) is 0 Å². The van der Waals surface area contributed by atoms with Gasteiger partial charge in [-0.1, -0.05) is 32.8 Å². The van der Waals surface area contributed by atoms with E-state index in [2.05, 4.69) is 31.0 Å². The Morgan fingerprint density at radius 1 is 1.10 bits per heavy atom. The Hall–Kier alpha value is -1.09. The Bertz CT molecular complexity index is 379. The Labute approximate surface area is 123 Å². The summed E-state index contributed by atoms with van der Waals surface area (Å²) in [7, 11) is 0. The second-order valence-corrected chi connectivity index (χ2v) is 5.25. The number of rotatable bonds is 10. The van der Waals surface area contributed by atoms with E-state index in [1.165, 1.54) is 12.8 Å². The van der Waals surface area contributed by atoms with Crippen LogP contribution in [0.4, 0.5) is 10.1 Å². The second-order valence-electron chi connectivity index (χ2n) is 5.25. The molecule has 2 nitrogen and oxygen atoms in total. The van der Waals surface area contributed by atoms with Crippen LogP contribution in [0, 0.1) is 5.82 Å². The van der Waals surface area contributed by atoms with E-state index in [0.29, 0.717) is 0 Å². The number of nitrogens with zero attached hydrogens (tertiary/aromatic N) is 1. The molecule has 0 aromatic heterocycles. The Balaban J connectivity index is 2.68. The molecule has 0 radical (unpaired) electrons. The van der Waals surface area contributed by atoms with Crippen LogP contribution in [0.1, 0.15) is 52.0 Å². The Morgan fingerprint density at radius 2 is 1.85 bits per heavy atom. The molecule has 1 rings (SSSR count). The first-order valence-electron chi connectivity index (χ1n) is 7.97. The van der Waals surface area contributed by atoms with E-state index in [1.54, 1.807) is 6.07 Å². The van der Waals surface area contributed by atoms with Gasteiger partial charge in [0.15, 0.2) is 0 Å². The van der Waals surface area contributed by atoms with Crippen LogP contribution in [0.15, 0.2) is 18.2 Å². The van der Waals surface area contributed by atoms with E-state index in [0.717, 1.165) is 50.3 Å². The van der Waals surface area contributed by atoms with Crippen LogP contribution in [-0.4, -0.2) is 19.6 Å². The fraction of sp³-hybridized carbons (Fsp3) is 0.647. The van der Waals surface area contributed by atoms with Crippen molar-refractivity contribution in [3.8, 4) is 0 Å². The van der Waals surface area contributed by atoms with Crippen LogP contribution in [0.2, 0.25) is 0 Å². The molecule has 1 aromatic carbocycles. The molecular weight excluding hydrogens is 251 g/mol. The molecule has 0 aliphatic carbocycles. The van der Waals surface area contributed by atoms with Gasteiger partial charge in [0, 0.05) is 19.6 Å². The van der Waals surface area contributed by atoms with Crippen molar-refractivity contribution in [2.45, 2.75) is 53.0 Å². The van der Waals surface area contributed by atoms with Crippen LogP contribution in [0.5, 0.6) is 0 Å². The number of hydrogen-bond acceptors (Lipinski definition) is 2. The smallest absolute Gasteiger partial charge is 0.146 e. The number of halogens is 1. The number of nitrogens with one attached hydrogen (secondary N) is 1. The summed E-state index contributed by atoms with van der Waals surface area (Å²) in [6.07, 6.45) is 4.62. The lowest BCUT2D eigenvalue weighted by Crippen LogP contribution is -2.25. The predicted molar refractivity (Wildman–Crippen MR) is 85.8 cm³/mol. The first-order valence-corrected chi connectivity index (χ1v) is 7.97. The zero-order valence-electron chi connectivity index (χ0n) is 13.2. The fourth-order valence-electron chi connectivity index (χ4n) is 2.24. The minimum absolute atomic E-state index is 0.111. The van der Waals surface area contributed by atoms with Crippen molar-refractivity contribution in [3.05, 3.63) is 29.6 Å². The molecule has 0 aliphatic rings. The van der Waals surface area contributed by atoms with Crippen LogP contribution < -0.4 is 10.2 Å². The average Bonchev–Trinajstić information content (AvgIpc) is 2.47. The summed E-state index contributed by atoms with van der Waals surface area (Å²) in [4.78, 5) is 2.13. The van der Waals surface area contributed by atoms with E-state index in [9.17, 15) is 4.39 Å². The summed E-state index contributed by atoms with van der Waals surface area (Å²) in [6, 6.07) is 5.47. The van der Waals surface area contributed by atoms with E-state index in [-0.39, 0.29) is 5.82 Å². The number of hydrogen-bond donors (Lipinski definition) is 1. The molecule has 1 N–H and O–H groups in total. The molecule has 1 aromatic rings. The fourth-order valence-corrected chi connectivity index (χ4v) is 2.24. The zero-order chi connectivity index (χ0) is 14.8. The van der Waals surface area contributed by atoms with Crippen LogP contribution in [0.25, 0.3) is 0 Å². The topological polar surface area (TPSA) is 15.3 Å². The lowest BCUT2D eigenvalue weighted by atomic mass is 10.1. The van der Waals surface area contributed by atoms with E-state index in [4.69, 9.17) is 0 Å². The lowest BCUT2D eigenvalue weighted by Gasteiger charge is -2.24. The summed E-state index contributed by atoms with van der Waals surface area (Å²) < 4.78 is 14.0. The molecule has 0 aliphatic heterocycles. The van der Waals surface area contributed by atoms with Gasteiger partial charge < -0.3 is 10.2 Å². The minimum Gasteiger partial charge on any atom is -0.369 e. The van der Waals surface area contributed by atoms with Crippen LogP contribution >= 0.6 is 0 Å². The molecule has 0 fully saturated rings. The van der Waals surface area contributed by atoms with Crippen molar-refractivity contribution in [1.29, 1.82) is 0 Å². The number of unbranched alkanes of at least 4 members (excludes halogenated alkanes) is 2. The van der Waals surface area contributed by atoms with Gasteiger partial charge in [-0.05, 0) is 44.0 Å². The molecule has 0 atom stereocenters. The monoisotopic (exact) mass is 280 g/mol. The summed E-state index contributed by atoms with van der Waals surface area (Å²) >= 11 is 0. The highest BCUT2D eigenvalue weighted by molar-refractivity contribution is 5.50. The summed E-state index contributed by atoms with van der Waals surface area (Å²) in [6.45, 7) is 10.1. The molecule has 0 saturated carbocycles. The van der Waals surface area contributed by atoms with Gasteiger partial charge in [-0.25, -0.2) is 4.39 Å². The van der Waals surface area contributed by atoms with Crippen molar-refractivity contribution in [3.63, 3.8) is 0 Å². The summed E-state index contributed by atoms with van der Waals surface area (Å²) in [5, 5.41) is 3.41. The summed E-state index contributed by atoms with van der Waals surface area (Å²) in [5.74, 6) is -0.111. The third kappa shape index (κ3) is 5.49. The highest BCUT2D eigenvalue weighted by atomic mass is 19.1. The molecule has 0 spiro atoms. The van der Waals surface area contributed by atoms with E-state index < -0.39 is 0 Å². The van der Waals surface area contributed by atoms with Crippen molar-refractivity contribution in [2.75, 3.05) is 24.5 Å². The normalized spacial score (nSPS) is 10.8. The maximum atomic E-state index is 14.0. The largest absolute Gasteiger partial charge is 0.369 e. The molecule has 3 heteroatoms. The highest BCUT2D eigenvalue weighted by Gasteiger charge is 2.10. The van der Waals surface area contributed by atoms with Crippen molar-refractivity contribution in [1.82, 2.24) is 5.32 Å². The van der Waals surface area contributed by atoms with E-state index >= 15 is 0 Å². The van der Waals surface area contributed by atoms with Crippen LogP contribution in [0.3, 0.4) is 0 Å². The van der Waals surface area contributed by atoms with Crippen LogP contribution in [-0.2, 0) is 6.54 Å². The minimum atomic E-state index is -0.111. The van der Waals surface area contributed by atoms with Gasteiger partial charge in [0.25, 0.3) is 0 Å². The van der Waals surface area contributed by atoms with Gasteiger partial charge in [-0.2, -0.15) is 0 Å². The molecule has 0 unspecified atom stereocenters. The first kappa shape index (κ1) is 17.0. The third-order valence-electron chi connectivity index (χ3n) is 3.55. The van der Waals surface area contributed by atoms with E-state index in [1.807, 2.05) is 12.1 Å². The first-order chi connectivity index (χ1) is 9.72. The van der Waals surface area contributed by atoms with Gasteiger partial charge >= 0.3 is 0 Å². The van der Waals surface area contributed by atoms with Crippen molar-refractivity contribution < 1.29 is 4.39 Å². The number of anilines is 1. The average molecular weight is 280 g/mol. The SMILES string of the molecule is CCCCNCc1ccc(F)c(N(CC)CCCC)c1. The zero-order valence-corrected chi connectivity index (χ0v) is 13.2. The number of benzene rings is 1. The Kier molecular flexibility index (Phi) is 8.28. The molecule has 0 amide bonds. The maximum absolute atomic E-state index is 14.0. The lowest BCUT2D eigenvalue weighted by molar-refractivity contribution is 0.609. The molecule has 0 heterocycles.